The van der Waals surface area contributed by atoms with Crippen molar-refractivity contribution in [3.63, 3.8) is 0 Å². The Kier molecular flexibility index (Phi) is 4.39. The third-order valence-electron chi connectivity index (χ3n) is 4.21. The molecule has 3 rings (SSSR count). The number of aromatic nitrogens is 1. The molecule has 0 radical (unpaired) electrons. The van der Waals surface area contributed by atoms with E-state index in [1.165, 1.54) is 12.8 Å². The van der Waals surface area contributed by atoms with Crippen molar-refractivity contribution in [2.75, 3.05) is 26.7 Å². The fourth-order valence-corrected chi connectivity index (χ4v) is 2.54. The van der Waals surface area contributed by atoms with E-state index in [4.69, 9.17) is 4.74 Å². The van der Waals surface area contributed by atoms with Crippen LogP contribution in [0.15, 0.2) is 18.3 Å². The summed E-state index contributed by atoms with van der Waals surface area (Å²) < 4.78 is 5.63. The highest BCUT2D eigenvalue weighted by atomic mass is 16.5. The molecule has 2 heterocycles. The second-order valence-electron chi connectivity index (χ2n) is 6.19. The third-order valence-corrected chi connectivity index (χ3v) is 4.21. The molecular weight excluding hydrogens is 266 g/mol. The molecule has 2 aliphatic rings. The number of nitrogens with one attached hydrogen (secondary N) is 1. The zero-order chi connectivity index (χ0) is 14.7. The molecule has 5 heteroatoms. The number of piperidine rings is 1. The van der Waals surface area contributed by atoms with Crippen LogP contribution in [-0.4, -0.2) is 48.6 Å². The summed E-state index contributed by atoms with van der Waals surface area (Å²) in [5.74, 6) is 1.21. The highest BCUT2D eigenvalue weighted by molar-refractivity contribution is 5.94. The van der Waals surface area contributed by atoms with Crippen molar-refractivity contribution in [2.24, 2.45) is 5.92 Å². The number of ether oxygens (including phenoxy) is 1. The topological polar surface area (TPSA) is 54.5 Å². The lowest BCUT2D eigenvalue weighted by Gasteiger charge is -2.29. The molecule has 2 fully saturated rings. The Bertz CT molecular complexity index is 494. The van der Waals surface area contributed by atoms with Gasteiger partial charge in [-0.2, -0.15) is 0 Å². The van der Waals surface area contributed by atoms with Gasteiger partial charge in [0.25, 0.3) is 5.91 Å². The van der Waals surface area contributed by atoms with Gasteiger partial charge in [-0.1, -0.05) is 0 Å². The second kappa shape index (κ2) is 6.43. The van der Waals surface area contributed by atoms with Gasteiger partial charge >= 0.3 is 0 Å². The largest absolute Gasteiger partial charge is 0.477 e. The molecule has 1 amide bonds. The third kappa shape index (κ3) is 4.17. The van der Waals surface area contributed by atoms with Crippen LogP contribution in [0.25, 0.3) is 0 Å². The highest BCUT2D eigenvalue weighted by Gasteiger charge is 2.22. The number of pyridine rings is 1. The van der Waals surface area contributed by atoms with Crippen LogP contribution in [-0.2, 0) is 0 Å². The van der Waals surface area contributed by atoms with Crippen molar-refractivity contribution in [1.82, 2.24) is 15.2 Å². The standard InChI is InChI=1S/C16H23N3O2/c1-19-8-5-14(6-9-19)18-16(20)13-4-7-17-15(10-13)21-11-12-2-3-12/h4,7,10,12,14H,2-3,5-6,8-9,11H2,1H3,(H,18,20). The van der Waals surface area contributed by atoms with E-state index in [-0.39, 0.29) is 11.9 Å². The fourth-order valence-electron chi connectivity index (χ4n) is 2.54. The number of hydrogen-bond acceptors (Lipinski definition) is 4. The average Bonchev–Trinajstić information content (AvgIpc) is 3.32. The van der Waals surface area contributed by atoms with Crippen molar-refractivity contribution in [1.29, 1.82) is 0 Å². The predicted octanol–water partition coefficient (Wildman–Crippen LogP) is 1.69. The summed E-state index contributed by atoms with van der Waals surface area (Å²) in [6, 6.07) is 3.76. The van der Waals surface area contributed by atoms with Gasteiger partial charge in [0.05, 0.1) is 6.61 Å². The second-order valence-corrected chi connectivity index (χ2v) is 6.19. The Labute approximate surface area is 125 Å². The molecular formula is C16H23N3O2. The predicted molar refractivity (Wildman–Crippen MR) is 80.4 cm³/mol. The van der Waals surface area contributed by atoms with Crippen LogP contribution in [0.1, 0.15) is 36.0 Å². The van der Waals surface area contributed by atoms with Crippen LogP contribution < -0.4 is 10.1 Å². The maximum atomic E-state index is 12.3. The number of rotatable bonds is 5. The van der Waals surface area contributed by atoms with Gasteiger partial charge in [0.2, 0.25) is 5.88 Å². The van der Waals surface area contributed by atoms with Crippen LogP contribution in [0, 0.1) is 5.92 Å². The first-order chi connectivity index (χ1) is 10.2. The van der Waals surface area contributed by atoms with E-state index in [0.29, 0.717) is 24.0 Å². The molecule has 0 atom stereocenters. The quantitative estimate of drug-likeness (QED) is 0.896. The lowest BCUT2D eigenvalue weighted by molar-refractivity contribution is 0.0916. The Morgan fingerprint density at radius 1 is 1.38 bits per heavy atom. The maximum Gasteiger partial charge on any atom is 0.251 e. The van der Waals surface area contributed by atoms with Crippen LogP contribution >= 0.6 is 0 Å². The van der Waals surface area contributed by atoms with Crippen molar-refractivity contribution < 1.29 is 9.53 Å². The lowest BCUT2D eigenvalue weighted by atomic mass is 10.1. The molecule has 1 saturated heterocycles. The van der Waals surface area contributed by atoms with Crippen LogP contribution in [0.4, 0.5) is 0 Å². The Morgan fingerprint density at radius 2 is 2.14 bits per heavy atom. The normalized spacial score (nSPS) is 20.2. The van der Waals surface area contributed by atoms with E-state index in [1.54, 1.807) is 18.3 Å². The summed E-state index contributed by atoms with van der Waals surface area (Å²) in [5, 5.41) is 3.11. The zero-order valence-electron chi connectivity index (χ0n) is 12.5. The minimum atomic E-state index is -0.0248. The number of amides is 1. The molecule has 0 spiro atoms. The van der Waals surface area contributed by atoms with Crippen LogP contribution in [0.3, 0.4) is 0 Å². The van der Waals surface area contributed by atoms with Crippen LogP contribution in [0.2, 0.25) is 0 Å². The van der Waals surface area contributed by atoms with Crippen molar-refractivity contribution >= 4 is 5.91 Å². The summed E-state index contributed by atoms with van der Waals surface area (Å²) >= 11 is 0. The van der Waals surface area contributed by atoms with E-state index in [1.807, 2.05) is 0 Å². The summed E-state index contributed by atoms with van der Waals surface area (Å²) in [5.41, 5.74) is 0.634. The summed E-state index contributed by atoms with van der Waals surface area (Å²) in [7, 11) is 2.12. The van der Waals surface area contributed by atoms with Gasteiger partial charge in [-0.15, -0.1) is 0 Å². The van der Waals surface area contributed by atoms with Crippen molar-refractivity contribution in [3.05, 3.63) is 23.9 Å². The Balaban J connectivity index is 1.54. The molecule has 114 valence electrons. The molecule has 1 N–H and O–H groups in total. The van der Waals surface area contributed by atoms with Crippen molar-refractivity contribution in [2.45, 2.75) is 31.7 Å². The minimum absolute atomic E-state index is 0.0248. The lowest BCUT2D eigenvalue weighted by Crippen LogP contribution is -2.43. The van der Waals surface area contributed by atoms with Crippen molar-refractivity contribution in [3.8, 4) is 5.88 Å². The van der Waals surface area contributed by atoms with Gasteiger partial charge in [-0.25, -0.2) is 4.98 Å². The molecule has 0 bridgehead atoms. The first-order valence-corrected chi connectivity index (χ1v) is 7.79. The molecule has 0 unspecified atom stereocenters. The SMILES string of the molecule is CN1CCC(NC(=O)c2ccnc(OCC3CC3)c2)CC1. The van der Waals surface area contributed by atoms with Gasteiger partial charge in [-0.05, 0) is 57.8 Å². The fraction of sp³-hybridized carbons (Fsp3) is 0.625. The minimum Gasteiger partial charge on any atom is -0.477 e. The first-order valence-electron chi connectivity index (χ1n) is 7.79. The van der Waals surface area contributed by atoms with E-state index in [9.17, 15) is 4.79 Å². The number of likely N-dealkylation sites (tertiary alicyclic amines) is 1. The maximum absolute atomic E-state index is 12.3. The Morgan fingerprint density at radius 3 is 2.86 bits per heavy atom. The smallest absolute Gasteiger partial charge is 0.251 e. The van der Waals surface area contributed by atoms with Gasteiger partial charge < -0.3 is 15.0 Å². The summed E-state index contributed by atoms with van der Waals surface area (Å²) in [6.07, 6.45) is 6.16. The van der Waals surface area contributed by atoms with E-state index >= 15 is 0 Å². The number of carbonyl (C=O) groups excluding carboxylic acids is 1. The summed E-state index contributed by atoms with van der Waals surface area (Å²) in [6.45, 7) is 2.79. The van der Waals surface area contributed by atoms with E-state index in [2.05, 4.69) is 22.2 Å². The van der Waals surface area contributed by atoms with Crippen LogP contribution in [0.5, 0.6) is 5.88 Å². The first kappa shape index (κ1) is 14.3. The number of nitrogens with zero attached hydrogens (tertiary/aromatic N) is 2. The Hall–Kier alpha value is -1.62. The van der Waals surface area contributed by atoms with Gasteiger partial charge in [0, 0.05) is 23.9 Å². The zero-order valence-corrected chi connectivity index (χ0v) is 12.5. The van der Waals surface area contributed by atoms with E-state index in [0.717, 1.165) is 25.9 Å². The molecule has 1 aromatic rings. The molecule has 1 aliphatic carbocycles. The summed E-state index contributed by atoms with van der Waals surface area (Å²) in [4.78, 5) is 18.7. The van der Waals surface area contributed by atoms with E-state index < -0.39 is 0 Å². The average molecular weight is 289 g/mol. The molecule has 5 nitrogen and oxygen atoms in total. The molecule has 1 aliphatic heterocycles. The molecule has 1 saturated carbocycles. The van der Waals surface area contributed by atoms with Gasteiger partial charge in [0.1, 0.15) is 0 Å². The van der Waals surface area contributed by atoms with Gasteiger partial charge in [-0.3, -0.25) is 4.79 Å². The molecule has 0 aromatic carbocycles. The molecule has 1 aromatic heterocycles. The van der Waals surface area contributed by atoms with Gasteiger partial charge in [0.15, 0.2) is 0 Å². The molecule has 21 heavy (non-hydrogen) atoms. The number of hydrogen-bond donors (Lipinski definition) is 1. The monoisotopic (exact) mass is 289 g/mol. The number of carbonyl (C=O) groups is 1. The highest BCUT2D eigenvalue weighted by Crippen LogP contribution is 2.29.